The van der Waals surface area contributed by atoms with Crippen molar-refractivity contribution in [2.75, 3.05) is 6.54 Å². The van der Waals surface area contributed by atoms with Crippen molar-refractivity contribution in [3.05, 3.63) is 53.6 Å². The third-order valence-electron chi connectivity index (χ3n) is 2.93. The van der Waals surface area contributed by atoms with Crippen molar-refractivity contribution in [2.24, 2.45) is 7.05 Å². The van der Waals surface area contributed by atoms with Crippen LogP contribution in [0.2, 0.25) is 0 Å². The van der Waals surface area contributed by atoms with E-state index >= 15 is 0 Å². The lowest BCUT2D eigenvalue weighted by molar-refractivity contribution is 0.615. The Morgan fingerprint density at radius 3 is 2.71 bits per heavy atom. The quantitative estimate of drug-likeness (QED) is 0.872. The molecule has 0 aliphatic heterocycles. The molecule has 1 aromatic carbocycles. The molecule has 1 heterocycles. The Balaban J connectivity index is 2.39. The summed E-state index contributed by atoms with van der Waals surface area (Å²) in [4.78, 5) is 4.45. The lowest BCUT2D eigenvalue weighted by Crippen LogP contribution is -2.23. The van der Waals surface area contributed by atoms with E-state index in [1.165, 1.54) is 11.1 Å². The average molecular weight is 229 g/mol. The number of aryl methyl sites for hydroxylation is 2. The molecule has 0 aliphatic carbocycles. The van der Waals surface area contributed by atoms with Gasteiger partial charge in [0.15, 0.2) is 0 Å². The van der Waals surface area contributed by atoms with E-state index in [1.54, 1.807) is 0 Å². The highest BCUT2D eigenvalue weighted by atomic mass is 15.0. The predicted molar refractivity (Wildman–Crippen MR) is 69.9 cm³/mol. The van der Waals surface area contributed by atoms with Crippen molar-refractivity contribution >= 4 is 0 Å². The third-order valence-corrected chi connectivity index (χ3v) is 2.93. The fraction of sp³-hybridized carbons (Fsp3) is 0.357. The summed E-state index contributed by atoms with van der Waals surface area (Å²) in [5.41, 5.74) is 3.67. The molecule has 0 bridgehead atoms. The summed E-state index contributed by atoms with van der Waals surface area (Å²) in [6, 6.07) is 8.64. The highest BCUT2D eigenvalue weighted by molar-refractivity contribution is 5.33. The topological polar surface area (TPSA) is 29.9 Å². The molecule has 0 saturated heterocycles. The minimum absolute atomic E-state index is 0.183. The number of nitrogens with one attached hydrogen (secondary N) is 1. The highest BCUT2D eigenvalue weighted by Crippen LogP contribution is 2.23. The van der Waals surface area contributed by atoms with Gasteiger partial charge in [0.1, 0.15) is 0 Å². The number of rotatable bonds is 4. The Hall–Kier alpha value is -1.61. The predicted octanol–water partition coefficient (Wildman–Crippen LogP) is 2.43. The van der Waals surface area contributed by atoms with Gasteiger partial charge in [-0.25, -0.2) is 4.98 Å². The normalized spacial score (nSPS) is 12.6. The number of nitrogens with zero attached hydrogens (tertiary/aromatic N) is 2. The maximum atomic E-state index is 4.45. The van der Waals surface area contributed by atoms with Gasteiger partial charge in [-0.3, -0.25) is 0 Å². The summed E-state index contributed by atoms with van der Waals surface area (Å²) in [6.45, 7) is 5.19. The van der Waals surface area contributed by atoms with Gasteiger partial charge >= 0.3 is 0 Å². The second-order valence-corrected chi connectivity index (χ2v) is 4.31. The molecule has 0 aliphatic rings. The molecule has 1 aromatic heterocycles. The molecule has 2 aromatic rings. The molecular weight excluding hydrogens is 210 g/mol. The van der Waals surface area contributed by atoms with Gasteiger partial charge in [0.2, 0.25) is 0 Å². The van der Waals surface area contributed by atoms with E-state index in [-0.39, 0.29) is 6.04 Å². The van der Waals surface area contributed by atoms with Crippen molar-refractivity contribution in [1.29, 1.82) is 0 Å². The number of aromatic nitrogens is 2. The Morgan fingerprint density at radius 1 is 1.35 bits per heavy atom. The van der Waals surface area contributed by atoms with Crippen molar-refractivity contribution < 1.29 is 0 Å². The molecule has 17 heavy (non-hydrogen) atoms. The maximum absolute atomic E-state index is 4.45. The Kier molecular flexibility index (Phi) is 3.59. The van der Waals surface area contributed by atoms with E-state index in [0.717, 1.165) is 12.2 Å². The average Bonchev–Trinajstić information content (AvgIpc) is 2.74. The van der Waals surface area contributed by atoms with Crippen LogP contribution in [0.25, 0.3) is 0 Å². The SMILES string of the molecule is CCNC(c1cn(C)cn1)c1ccccc1C. The molecular formula is C14H19N3. The monoisotopic (exact) mass is 229 g/mol. The smallest absolute Gasteiger partial charge is 0.0947 e. The van der Waals surface area contributed by atoms with E-state index in [1.807, 2.05) is 17.9 Å². The van der Waals surface area contributed by atoms with Crippen LogP contribution in [0.5, 0.6) is 0 Å². The Morgan fingerprint density at radius 2 is 2.12 bits per heavy atom. The zero-order valence-electron chi connectivity index (χ0n) is 10.6. The van der Waals surface area contributed by atoms with Crippen LogP contribution in [0.4, 0.5) is 0 Å². The minimum Gasteiger partial charge on any atom is -0.340 e. The molecule has 3 heteroatoms. The number of hydrogen-bond donors (Lipinski definition) is 1. The first-order valence-electron chi connectivity index (χ1n) is 5.99. The minimum atomic E-state index is 0.183. The summed E-state index contributed by atoms with van der Waals surface area (Å²) in [7, 11) is 2.00. The standard InChI is InChI=1S/C14H19N3/c1-4-15-14(13-9-17(3)10-16-13)12-8-6-5-7-11(12)2/h5-10,14-15H,4H2,1-3H3. The molecule has 0 saturated carbocycles. The maximum Gasteiger partial charge on any atom is 0.0947 e. The van der Waals surface area contributed by atoms with Gasteiger partial charge in [-0.05, 0) is 24.6 Å². The second kappa shape index (κ2) is 5.15. The van der Waals surface area contributed by atoms with Crippen LogP contribution in [-0.2, 0) is 7.05 Å². The van der Waals surface area contributed by atoms with E-state index in [4.69, 9.17) is 0 Å². The second-order valence-electron chi connectivity index (χ2n) is 4.31. The van der Waals surface area contributed by atoms with Crippen LogP contribution >= 0.6 is 0 Å². The highest BCUT2D eigenvalue weighted by Gasteiger charge is 2.16. The van der Waals surface area contributed by atoms with E-state index in [2.05, 4.69) is 54.6 Å². The van der Waals surface area contributed by atoms with E-state index in [0.29, 0.717) is 0 Å². The van der Waals surface area contributed by atoms with Gasteiger partial charge in [-0.1, -0.05) is 31.2 Å². The summed E-state index contributed by atoms with van der Waals surface area (Å²) < 4.78 is 1.98. The van der Waals surface area contributed by atoms with Crippen molar-refractivity contribution in [3.63, 3.8) is 0 Å². The molecule has 1 N–H and O–H groups in total. The van der Waals surface area contributed by atoms with Gasteiger partial charge in [0.05, 0.1) is 18.1 Å². The summed E-state index contributed by atoms with van der Waals surface area (Å²) >= 11 is 0. The molecule has 1 unspecified atom stereocenters. The van der Waals surface area contributed by atoms with Crippen molar-refractivity contribution in [3.8, 4) is 0 Å². The first-order valence-corrected chi connectivity index (χ1v) is 5.99. The summed E-state index contributed by atoms with van der Waals surface area (Å²) in [5.74, 6) is 0. The van der Waals surface area contributed by atoms with Gasteiger partial charge in [-0.2, -0.15) is 0 Å². The van der Waals surface area contributed by atoms with Gasteiger partial charge in [-0.15, -0.1) is 0 Å². The van der Waals surface area contributed by atoms with E-state index < -0.39 is 0 Å². The van der Waals surface area contributed by atoms with E-state index in [9.17, 15) is 0 Å². The lowest BCUT2D eigenvalue weighted by atomic mass is 9.99. The van der Waals surface area contributed by atoms with Crippen LogP contribution in [0.3, 0.4) is 0 Å². The molecule has 3 nitrogen and oxygen atoms in total. The van der Waals surface area contributed by atoms with Gasteiger partial charge in [0.25, 0.3) is 0 Å². The van der Waals surface area contributed by atoms with Crippen LogP contribution in [0.1, 0.15) is 29.8 Å². The molecule has 0 radical (unpaired) electrons. The van der Waals surface area contributed by atoms with Gasteiger partial charge in [0, 0.05) is 13.2 Å². The fourth-order valence-corrected chi connectivity index (χ4v) is 2.07. The van der Waals surface area contributed by atoms with Crippen LogP contribution in [0, 0.1) is 6.92 Å². The zero-order valence-corrected chi connectivity index (χ0v) is 10.6. The number of hydrogen-bond acceptors (Lipinski definition) is 2. The van der Waals surface area contributed by atoms with Crippen LogP contribution in [-0.4, -0.2) is 16.1 Å². The lowest BCUT2D eigenvalue weighted by Gasteiger charge is -2.18. The first-order chi connectivity index (χ1) is 8.22. The van der Waals surface area contributed by atoms with Gasteiger partial charge < -0.3 is 9.88 Å². The number of imidazole rings is 1. The largest absolute Gasteiger partial charge is 0.340 e. The number of benzene rings is 1. The van der Waals surface area contributed by atoms with Crippen LogP contribution < -0.4 is 5.32 Å². The molecule has 90 valence electrons. The third kappa shape index (κ3) is 2.56. The van der Waals surface area contributed by atoms with Crippen LogP contribution in [0.15, 0.2) is 36.8 Å². The molecule has 0 spiro atoms. The Labute approximate surface area is 103 Å². The summed E-state index contributed by atoms with van der Waals surface area (Å²) in [6.07, 6.45) is 3.91. The van der Waals surface area contributed by atoms with Crippen molar-refractivity contribution in [1.82, 2.24) is 14.9 Å². The fourth-order valence-electron chi connectivity index (χ4n) is 2.07. The molecule has 0 fully saturated rings. The van der Waals surface area contributed by atoms with Crippen molar-refractivity contribution in [2.45, 2.75) is 19.9 Å². The molecule has 2 rings (SSSR count). The zero-order chi connectivity index (χ0) is 12.3. The molecule has 1 atom stereocenters. The summed E-state index contributed by atoms with van der Waals surface area (Å²) in [5, 5.41) is 3.49. The molecule has 0 amide bonds. The first kappa shape index (κ1) is 11.9. The Bertz CT molecular complexity index is 488.